The topological polar surface area (TPSA) is 9.23 Å². The highest BCUT2D eigenvalue weighted by molar-refractivity contribution is 5.14. The fourth-order valence-electron chi connectivity index (χ4n) is 0.905. The molecule has 58 valence electrons. The minimum atomic E-state index is 0.716. The van der Waals surface area contributed by atoms with E-state index < -0.39 is 0 Å². The Morgan fingerprint density at radius 3 is 2.64 bits per heavy atom. The third-order valence-corrected chi connectivity index (χ3v) is 1.47. The van der Waals surface area contributed by atoms with Crippen LogP contribution in [0, 0.1) is 0 Å². The lowest BCUT2D eigenvalue weighted by Crippen LogP contribution is -1.92. The molecule has 1 nitrogen and oxygen atoms in total. The monoisotopic (exact) mass is 148 g/mol. The summed E-state index contributed by atoms with van der Waals surface area (Å²) >= 11 is 0. The zero-order valence-corrected chi connectivity index (χ0v) is 6.49. The van der Waals surface area contributed by atoms with Crippen molar-refractivity contribution in [2.75, 3.05) is 6.61 Å². The summed E-state index contributed by atoms with van der Waals surface area (Å²) in [6, 6.07) is 10.3. The van der Waals surface area contributed by atoms with E-state index in [1.54, 1.807) is 0 Å². The lowest BCUT2D eigenvalue weighted by Gasteiger charge is -1.99. The Labute approximate surface area is 67.3 Å². The Morgan fingerprint density at radius 1 is 1.27 bits per heavy atom. The Morgan fingerprint density at radius 2 is 2.00 bits per heavy atom. The van der Waals surface area contributed by atoms with Gasteiger partial charge in [0, 0.05) is 6.42 Å². The molecule has 0 N–H and O–H groups in total. The highest BCUT2D eigenvalue weighted by atomic mass is 16.5. The van der Waals surface area contributed by atoms with Crippen LogP contribution in [0.1, 0.15) is 5.56 Å². The molecule has 0 saturated heterocycles. The molecule has 0 aliphatic carbocycles. The van der Waals surface area contributed by atoms with E-state index in [-0.39, 0.29) is 0 Å². The predicted octanol–water partition coefficient (Wildman–Crippen LogP) is 2.39. The maximum atomic E-state index is 5.00. The summed E-state index contributed by atoms with van der Waals surface area (Å²) in [6.45, 7) is 4.19. The van der Waals surface area contributed by atoms with Gasteiger partial charge in [-0.25, -0.2) is 0 Å². The van der Waals surface area contributed by atoms with Crippen LogP contribution >= 0.6 is 0 Å². The summed E-state index contributed by atoms with van der Waals surface area (Å²) in [4.78, 5) is 0. The summed E-state index contributed by atoms with van der Waals surface area (Å²) in [5.41, 5.74) is 1.30. The number of hydrogen-bond donors (Lipinski definition) is 0. The van der Waals surface area contributed by atoms with Crippen molar-refractivity contribution in [1.29, 1.82) is 0 Å². The van der Waals surface area contributed by atoms with Gasteiger partial charge in [0.25, 0.3) is 0 Å². The number of ether oxygens (including phenoxy) is 1. The lowest BCUT2D eigenvalue weighted by atomic mass is 10.2. The Bertz CT molecular complexity index is 203. The van der Waals surface area contributed by atoms with Gasteiger partial charge in [-0.15, -0.1) is 0 Å². The molecule has 0 heterocycles. The zero-order chi connectivity index (χ0) is 7.94. The maximum Gasteiger partial charge on any atom is 0.0913 e. The van der Waals surface area contributed by atoms with E-state index in [4.69, 9.17) is 4.74 Å². The van der Waals surface area contributed by atoms with Crippen molar-refractivity contribution in [3.05, 3.63) is 48.7 Å². The van der Waals surface area contributed by atoms with E-state index >= 15 is 0 Å². The van der Waals surface area contributed by atoms with Crippen LogP contribution in [-0.4, -0.2) is 6.61 Å². The first-order chi connectivity index (χ1) is 5.43. The van der Waals surface area contributed by atoms with Crippen LogP contribution in [0.4, 0.5) is 0 Å². The molecule has 0 bridgehead atoms. The summed E-state index contributed by atoms with van der Waals surface area (Å²) < 4.78 is 5.00. The van der Waals surface area contributed by atoms with Gasteiger partial charge >= 0.3 is 0 Å². The van der Waals surface area contributed by atoms with E-state index in [1.165, 1.54) is 11.8 Å². The number of benzene rings is 1. The van der Waals surface area contributed by atoms with Crippen molar-refractivity contribution in [3.8, 4) is 0 Å². The largest absolute Gasteiger partial charge is 0.501 e. The molecule has 0 aliphatic rings. The summed E-state index contributed by atoms with van der Waals surface area (Å²) in [6.07, 6.45) is 2.43. The first-order valence-electron chi connectivity index (χ1n) is 3.70. The van der Waals surface area contributed by atoms with E-state index in [0.29, 0.717) is 6.61 Å². The van der Waals surface area contributed by atoms with Gasteiger partial charge < -0.3 is 4.74 Å². The molecule has 1 rings (SSSR count). The van der Waals surface area contributed by atoms with E-state index in [2.05, 4.69) is 18.7 Å². The second-order valence-electron chi connectivity index (χ2n) is 2.27. The molecular formula is C10H12O. The van der Waals surface area contributed by atoms with Crippen LogP contribution in [0.5, 0.6) is 0 Å². The highest BCUT2D eigenvalue weighted by Crippen LogP contribution is 1.99. The molecular weight excluding hydrogens is 136 g/mol. The summed E-state index contributed by atoms with van der Waals surface area (Å²) in [5, 5.41) is 0. The minimum Gasteiger partial charge on any atom is -0.501 e. The fourth-order valence-corrected chi connectivity index (χ4v) is 0.905. The molecule has 0 atom stereocenters. The van der Waals surface area contributed by atoms with E-state index in [9.17, 15) is 0 Å². The SMILES string of the molecule is C=COCCc1ccccc1. The normalized spacial score (nSPS) is 9.09. The van der Waals surface area contributed by atoms with Crippen LogP contribution in [-0.2, 0) is 11.2 Å². The van der Waals surface area contributed by atoms with E-state index in [0.717, 1.165) is 6.42 Å². The zero-order valence-electron chi connectivity index (χ0n) is 6.49. The minimum absolute atomic E-state index is 0.716. The molecule has 1 heteroatoms. The second-order valence-corrected chi connectivity index (χ2v) is 2.27. The standard InChI is InChI=1S/C10H12O/c1-2-11-9-8-10-6-4-3-5-7-10/h2-7H,1,8-9H2. The molecule has 0 radical (unpaired) electrons. The van der Waals surface area contributed by atoms with Crippen LogP contribution < -0.4 is 0 Å². The second kappa shape index (κ2) is 4.56. The summed E-state index contributed by atoms with van der Waals surface area (Å²) in [5.74, 6) is 0. The van der Waals surface area contributed by atoms with Crippen LogP contribution in [0.25, 0.3) is 0 Å². The van der Waals surface area contributed by atoms with Gasteiger partial charge in [0.1, 0.15) is 0 Å². The number of hydrogen-bond acceptors (Lipinski definition) is 1. The van der Waals surface area contributed by atoms with Crippen LogP contribution in [0.3, 0.4) is 0 Å². The molecule has 0 unspecified atom stereocenters. The molecule has 1 aromatic carbocycles. The molecule has 0 fully saturated rings. The summed E-state index contributed by atoms with van der Waals surface area (Å²) in [7, 11) is 0. The van der Waals surface area contributed by atoms with Crippen molar-refractivity contribution in [2.24, 2.45) is 0 Å². The Kier molecular flexibility index (Phi) is 3.26. The van der Waals surface area contributed by atoms with Gasteiger partial charge in [0.05, 0.1) is 12.9 Å². The quantitative estimate of drug-likeness (QED) is 0.470. The molecule has 11 heavy (non-hydrogen) atoms. The maximum absolute atomic E-state index is 5.00. The Balaban J connectivity index is 2.33. The van der Waals surface area contributed by atoms with Crippen molar-refractivity contribution in [1.82, 2.24) is 0 Å². The molecule has 0 aromatic heterocycles. The molecule has 1 aromatic rings. The van der Waals surface area contributed by atoms with Crippen LogP contribution in [0.15, 0.2) is 43.2 Å². The van der Waals surface area contributed by atoms with E-state index in [1.807, 2.05) is 18.2 Å². The van der Waals surface area contributed by atoms with Crippen molar-refractivity contribution in [3.63, 3.8) is 0 Å². The molecule has 0 saturated carbocycles. The molecule has 0 aliphatic heterocycles. The highest BCUT2D eigenvalue weighted by Gasteiger charge is 1.88. The van der Waals surface area contributed by atoms with Gasteiger partial charge in [-0.2, -0.15) is 0 Å². The van der Waals surface area contributed by atoms with Gasteiger partial charge in [0.15, 0.2) is 0 Å². The average Bonchev–Trinajstić information content (AvgIpc) is 2.07. The third-order valence-electron chi connectivity index (χ3n) is 1.47. The van der Waals surface area contributed by atoms with Crippen molar-refractivity contribution < 1.29 is 4.74 Å². The van der Waals surface area contributed by atoms with Crippen molar-refractivity contribution in [2.45, 2.75) is 6.42 Å². The third kappa shape index (κ3) is 2.89. The van der Waals surface area contributed by atoms with Gasteiger partial charge in [-0.1, -0.05) is 36.9 Å². The molecule has 0 amide bonds. The van der Waals surface area contributed by atoms with Crippen LogP contribution in [0.2, 0.25) is 0 Å². The first-order valence-corrected chi connectivity index (χ1v) is 3.70. The van der Waals surface area contributed by atoms with Crippen molar-refractivity contribution >= 4 is 0 Å². The fraction of sp³-hybridized carbons (Fsp3) is 0.200. The predicted molar refractivity (Wildman–Crippen MR) is 46.3 cm³/mol. The number of rotatable bonds is 4. The Hall–Kier alpha value is -1.24. The first kappa shape index (κ1) is 7.86. The van der Waals surface area contributed by atoms with Gasteiger partial charge in [-0.05, 0) is 5.56 Å². The lowest BCUT2D eigenvalue weighted by molar-refractivity contribution is 0.255. The molecule has 0 spiro atoms. The van der Waals surface area contributed by atoms with Gasteiger partial charge in [-0.3, -0.25) is 0 Å². The average molecular weight is 148 g/mol. The smallest absolute Gasteiger partial charge is 0.0913 e. The van der Waals surface area contributed by atoms with Gasteiger partial charge in [0.2, 0.25) is 0 Å².